The minimum Gasteiger partial charge on any atom is -0.477 e. The molecule has 102 valence electrons. The summed E-state index contributed by atoms with van der Waals surface area (Å²) in [6.07, 6.45) is 2.79. The van der Waals surface area contributed by atoms with E-state index in [1.165, 1.54) is 29.1 Å². The van der Waals surface area contributed by atoms with Crippen LogP contribution in [0.15, 0.2) is 23.4 Å². The Morgan fingerprint density at radius 2 is 2.21 bits per heavy atom. The molecule has 2 N–H and O–H groups in total. The Morgan fingerprint density at radius 1 is 1.53 bits per heavy atom. The fourth-order valence-corrected chi connectivity index (χ4v) is 3.45. The number of aromatic nitrogens is 2. The molecule has 2 rings (SSSR count). The van der Waals surface area contributed by atoms with Gasteiger partial charge in [-0.1, -0.05) is 0 Å². The molecule has 0 aliphatic rings. The lowest BCUT2D eigenvalue weighted by atomic mass is 10.4. The van der Waals surface area contributed by atoms with Crippen LogP contribution in [0.2, 0.25) is 0 Å². The van der Waals surface area contributed by atoms with Gasteiger partial charge in [-0.25, -0.2) is 18.2 Å². The number of rotatable bonds is 4. The third kappa shape index (κ3) is 2.76. The van der Waals surface area contributed by atoms with Crippen molar-refractivity contribution in [1.29, 1.82) is 0 Å². The maximum atomic E-state index is 12.0. The second kappa shape index (κ2) is 4.67. The predicted octanol–water partition coefficient (Wildman–Crippen LogP) is 1.29. The van der Waals surface area contributed by atoms with Gasteiger partial charge in [0.1, 0.15) is 10.6 Å². The standard InChI is InChI=1S/C10H11N3O4S2/c1-6-4-11-10(18-6)12-19(16,17)7-3-8(9(14)15)13(2)5-7/h3-5H,1-2H3,(H,11,12)(H,14,15). The molecule has 0 fully saturated rings. The van der Waals surface area contributed by atoms with E-state index in [2.05, 4.69) is 9.71 Å². The summed E-state index contributed by atoms with van der Waals surface area (Å²) >= 11 is 1.20. The van der Waals surface area contributed by atoms with E-state index in [9.17, 15) is 13.2 Å². The van der Waals surface area contributed by atoms with Crippen molar-refractivity contribution in [2.45, 2.75) is 11.8 Å². The highest BCUT2D eigenvalue weighted by Crippen LogP contribution is 2.22. The lowest BCUT2D eigenvalue weighted by Gasteiger charge is -2.01. The number of aromatic carboxylic acids is 1. The predicted molar refractivity (Wildman–Crippen MR) is 70.0 cm³/mol. The van der Waals surface area contributed by atoms with E-state index >= 15 is 0 Å². The Labute approximate surface area is 113 Å². The van der Waals surface area contributed by atoms with Crippen LogP contribution in [0.5, 0.6) is 0 Å². The van der Waals surface area contributed by atoms with Crippen molar-refractivity contribution >= 4 is 32.5 Å². The Bertz CT molecular complexity index is 730. The maximum Gasteiger partial charge on any atom is 0.352 e. The van der Waals surface area contributed by atoms with Gasteiger partial charge in [-0.3, -0.25) is 4.72 Å². The van der Waals surface area contributed by atoms with Crippen LogP contribution in [0, 0.1) is 6.92 Å². The lowest BCUT2D eigenvalue weighted by Crippen LogP contribution is -2.11. The fraction of sp³-hybridized carbons (Fsp3) is 0.200. The van der Waals surface area contributed by atoms with Gasteiger partial charge in [-0.15, -0.1) is 11.3 Å². The summed E-state index contributed by atoms with van der Waals surface area (Å²) in [6, 6.07) is 1.10. The van der Waals surface area contributed by atoms with E-state index in [0.717, 1.165) is 10.9 Å². The van der Waals surface area contributed by atoms with Gasteiger partial charge in [0, 0.05) is 24.3 Å². The molecule has 0 saturated heterocycles. The van der Waals surface area contributed by atoms with Gasteiger partial charge >= 0.3 is 5.97 Å². The monoisotopic (exact) mass is 301 g/mol. The molecular formula is C10H11N3O4S2. The molecule has 9 heteroatoms. The van der Waals surface area contributed by atoms with Crippen LogP contribution in [0.1, 0.15) is 15.4 Å². The smallest absolute Gasteiger partial charge is 0.352 e. The van der Waals surface area contributed by atoms with Crippen LogP contribution in [0.4, 0.5) is 5.13 Å². The third-order valence-corrected chi connectivity index (χ3v) is 4.62. The normalized spacial score (nSPS) is 11.5. The molecule has 0 radical (unpaired) electrons. The van der Waals surface area contributed by atoms with Crippen LogP contribution in [-0.2, 0) is 17.1 Å². The van der Waals surface area contributed by atoms with Crippen molar-refractivity contribution in [2.24, 2.45) is 7.05 Å². The zero-order valence-corrected chi connectivity index (χ0v) is 11.7. The highest BCUT2D eigenvalue weighted by molar-refractivity contribution is 7.93. The first-order valence-electron chi connectivity index (χ1n) is 5.14. The number of nitrogens with one attached hydrogen (secondary N) is 1. The number of anilines is 1. The Hall–Kier alpha value is -1.87. The number of sulfonamides is 1. The summed E-state index contributed by atoms with van der Waals surface area (Å²) in [5.41, 5.74) is -0.101. The largest absolute Gasteiger partial charge is 0.477 e. The third-order valence-electron chi connectivity index (χ3n) is 2.35. The Balaban J connectivity index is 2.34. The summed E-state index contributed by atoms with van der Waals surface area (Å²) in [5.74, 6) is -1.19. The quantitative estimate of drug-likeness (QED) is 0.886. The first kappa shape index (κ1) is 13.6. The molecule has 2 aromatic rings. The number of thiazole rings is 1. The molecular weight excluding hydrogens is 290 g/mol. The second-order valence-electron chi connectivity index (χ2n) is 3.86. The molecule has 0 saturated carbocycles. The van der Waals surface area contributed by atoms with Gasteiger partial charge in [0.15, 0.2) is 5.13 Å². The van der Waals surface area contributed by atoms with Crippen molar-refractivity contribution in [3.05, 3.63) is 29.0 Å². The molecule has 0 spiro atoms. The van der Waals surface area contributed by atoms with E-state index < -0.39 is 16.0 Å². The van der Waals surface area contributed by atoms with Crippen molar-refractivity contribution in [1.82, 2.24) is 9.55 Å². The summed E-state index contributed by atoms with van der Waals surface area (Å²) in [7, 11) is -2.35. The molecule has 0 amide bonds. The molecule has 2 aromatic heterocycles. The minimum absolute atomic E-state index is 0.101. The molecule has 2 heterocycles. The number of carboxylic acid groups (broad SMARTS) is 1. The summed E-state index contributed by atoms with van der Waals surface area (Å²) in [5, 5.41) is 9.14. The number of nitrogens with zero attached hydrogens (tertiary/aromatic N) is 2. The van der Waals surface area contributed by atoms with Crippen molar-refractivity contribution in [2.75, 3.05) is 4.72 Å². The van der Waals surface area contributed by atoms with Gasteiger partial charge in [-0.2, -0.15) is 0 Å². The first-order chi connectivity index (χ1) is 8.79. The van der Waals surface area contributed by atoms with Crippen molar-refractivity contribution < 1.29 is 18.3 Å². The van der Waals surface area contributed by atoms with Gasteiger partial charge in [0.25, 0.3) is 10.0 Å². The summed E-state index contributed by atoms with van der Waals surface area (Å²) in [6.45, 7) is 1.81. The minimum atomic E-state index is -3.82. The number of carbonyl (C=O) groups is 1. The van der Waals surface area contributed by atoms with Crippen LogP contribution in [0.25, 0.3) is 0 Å². The highest BCUT2D eigenvalue weighted by atomic mass is 32.2. The Morgan fingerprint density at radius 3 is 2.68 bits per heavy atom. The first-order valence-corrected chi connectivity index (χ1v) is 7.44. The molecule has 0 aromatic carbocycles. The number of aryl methyl sites for hydroxylation is 2. The zero-order chi connectivity index (χ0) is 14.2. The van der Waals surface area contributed by atoms with Crippen LogP contribution in [-0.4, -0.2) is 29.0 Å². The zero-order valence-electron chi connectivity index (χ0n) is 10.1. The lowest BCUT2D eigenvalue weighted by molar-refractivity contribution is 0.0686. The SMILES string of the molecule is Cc1cnc(NS(=O)(=O)c2cc(C(=O)O)n(C)c2)s1. The van der Waals surface area contributed by atoms with Crippen molar-refractivity contribution in [3.63, 3.8) is 0 Å². The van der Waals surface area contributed by atoms with Crippen LogP contribution in [0.3, 0.4) is 0 Å². The molecule has 0 bridgehead atoms. The molecule has 0 aliphatic heterocycles. The van der Waals surface area contributed by atoms with Crippen LogP contribution >= 0.6 is 11.3 Å². The van der Waals surface area contributed by atoms with E-state index in [0.29, 0.717) is 0 Å². The van der Waals surface area contributed by atoms with Gasteiger partial charge in [-0.05, 0) is 13.0 Å². The second-order valence-corrected chi connectivity index (χ2v) is 6.78. The van der Waals surface area contributed by atoms with Gasteiger partial charge < -0.3 is 9.67 Å². The highest BCUT2D eigenvalue weighted by Gasteiger charge is 2.21. The number of carboxylic acids is 1. The van der Waals surface area contributed by atoms with E-state index in [4.69, 9.17) is 5.11 Å². The molecule has 19 heavy (non-hydrogen) atoms. The van der Waals surface area contributed by atoms with E-state index in [1.54, 1.807) is 13.1 Å². The average molecular weight is 301 g/mol. The number of hydrogen-bond acceptors (Lipinski definition) is 5. The topological polar surface area (TPSA) is 101 Å². The average Bonchev–Trinajstić information content (AvgIpc) is 2.84. The van der Waals surface area contributed by atoms with Gasteiger partial charge in [0.2, 0.25) is 0 Å². The molecule has 7 nitrogen and oxygen atoms in total. The molecule has 0 aliphatic carbocycles. The fourth-order valence-electron chi connectivity index (χ4n) is 1.47. The van der Waals surface area contributed by atoms with E-state index in [-0.39, 0.29) is 15.7 Å². The summed E-state index contributed by atoms with van der Waals surface area (Å²) < 4.78 is 27.6. The van der Waals surface area contributed by atoms with Crippen LogP contribution < -0.4 is 4.72 Å². The van der Waals surface area contributed by atoms with E-state index in [1.807, 2.05) is 0 Å². The maximum absolute atomic E-state index is 12.0. The molecule has 0 atom stereocenters. The molecule has 0 unspecified atom stereocenters. The summed E-state index contributed by atoms with van der Waals surface area (Å²) in [4.78, 5) is 15.5. The Kier molecular flexibility index (Phi) is 3.33. The van der Waals surface area contributed by atoms with Crippen molar-refractivity contribution in [3.8, 4) is 0 Å². The van der Waals surface area contributed by atoms with Gasteiger partial charge in [0.05, 0.1) is 0 Å². The number of hydrogen-bond donors (Lipinski definition) is 2.